The first-order chi connectivity index (χ1) is 9.15. The van der Waals surface area contributed by atoms with Crippen LogP contribution >= 0.6 is 0 Å². The molecule has 0 amide bonds. The van der Waals surface area contributed by atoms with Gasteiger partial charge in [-0.05, 0) is 24.1 Å². The highest BCUT2D eigenvalue weighted by Crippen LogP contribution is 2.17. The third-order valence-corrected chi connectivity index (χ3v) is 2.57. The molecule has 0 aliphatic carbocycles. The van der Waals surface area contributed by atoms with Crippen LogP contribution in [0.25, 0.3) is 0 Å². The summed E-state index contributed by atoms with van der Waals surface area (Å²) in [6.45, 7) is 3.82. The fourth-order valence-corrected chi connectivity index (χ4v) is 1.46. The SMILES string of the molecule is CCCCOCCOc1ccc([C@@H](O)C(=O)O)cc1. The molecule has 0 fully saturated rings. The van der Waals surface area contributed by atoms with Crippen molar-refractivity contribution in [3.8, 4) is 5.75 Å². The van der Waals surface area contributed by atoms with Gasteiger partial charge in [-0.2, -0.15) is 0 Å². The van der Waals surface area contributed by atoms with Gasteiger partial charge in [0, 0.05) is 6.61 Å². The van der Waals surface area contributed by atoms with Crippen LogP contribution < -0.4 is 4.74 Å². The summed E-state index contributed by atoms with van der Waals surface area (Å²) in [5, 5.41) is 18.0. The number of aliphatic hydroxyl groups is 1. The molecule has 5 heteroatoms. The number of aliphatic carboxylic acids is 1. The van der Waals surface area contributed by atoms with Crippen LogP contribution in [0.5, 0.6) is 5.75 Å². The molecule has 1 atom stereocenters. The monoisotopic (exact) mass is 268 g/mol. The van der Waals surface area contributed by atoms with Gasteiger partial charge < -0.3 is 19.7 Å². The van der Waals surface area contributed by atoms with Gasteiger partial charge in [0.2, 0.25) is 0 Å². The number of carbonyl (C=O) groups is 1. The Morgan fingerprint density at radius 3 is 2.47 bits per heavy atom. The number of unbranched alkanes of at least 4 members (excludes halogenated alkanes) is 1. The molecule has 0 bridgehead atoms. The highest BCUT2D eigenvalue weighted by Gasteiger charge is 2.15. The molecule has 1 rings (SSSR count). The fourth-order valence-electron chi connectivity index (χ4n) is 1.46. The molecule has 2 N–H and O–H groups in total. The smallest absolute Gasteiger partial charge is 0.337 e. The summed E-state index contributed by atoms with van der Waals surface area (Å²) in [6.07, 6.45) is 0.655. The van der Waals surface area contributed by atoms with E-state index in [0.29, 0.717) is 24.5 Å². The molecule has 0 spiro atoms. The molecule has 106 valence electrons. The number of carboxylic acids is 1. The summed E-state index contributed by atoms with van der Waals surface area (Å²) < 4.78 is 10.8. The maximum atomic E-state index is 10.6. The minimum atomic E-state index is -1.49. The van der Waals surface area contributed by atoms with Gasteiger partial charge in [0.15, 0.2) is 6.10 Å². The maximum absolute atomic E-state index is 10.6. The van der Waals surface area contributed by atoms with Crippen LogP contribution in [-0.4, -0.2) is 36.0 Å². The van der Waals surface area contributed by atoms with E-state index in [2.05, 4.69) is 6.92 Å². The zero-order valence-electron chi connectivity index (χ0n) is 11.0. The van der Waals surface area contributed by atoms with E-state index >= 15 is 0 Å². The summed E-state index contributed by atoms with van der Waals surface area (Å²) in [6, 6.07) is 6.33. The van der Waals surface area contributed by atoms with Gasteiger partial charge >= 0.3 is 5.97 Å². The van der Waals surface area contributed by atoms with Crippen molar-refractivity contribution < 1.29 is 24.5 Å². The summed E-state index contributed by atoms with van der Waals surface area (Å²) in [7, 11) is 0. The third-order valence-electron chi connectivity index (χ3n) is 2.57. The molecule has 0 radical (unpaired) electrons. The van der Waals surface area contributed by atoms with Crippen molar-refractivity contribution in [3.63, 3.8) is 0 Å². The lowest BCUT2D eigenvalue weighted by atomic mass is 10.1. The molecule has 0 saturated carbocycles. The van der Waals surface area contributed by atoms with Gasteiger partial charge in [0.05, 0.1) is 6.61 Å². The summed E-state index contributed by atoms with van der Waals surface area (Å²) in [4.78, 5) is 10.6. The largest absolute Gasteiger partial charge is 0.491 e. The lowest BCUT2D eigenvalue weighted by molar-refractivity contribution is -0.146. The molecule has 0 aliphatic heterocycles. The number of hydrogen-bond donors (Lipinski definition) is 2. The lowest BCUT2D eigenvalue weighted by Crippen LogP contribution is -2.10. The maximum Gasteiger partial charge on any atom is 0.337 e. The molecule has 19 heavy (non-hydrogen) atoms. The first-order valence-corrected chi connectivity index (χ1v) is 6.36. The average molecular weight is 268 g/mol. The summed E-state index contributed by atoms with van der Waals surface area (Å²) in [5.74, 6) is -0.640. The van der Waals surface area contributed by atoms with E-state index in [9.17, 15) is 9.90 Å². The van der Waals surface area contributed by atoms with E-state index < -0.39 is 12.1 Å². The molecule has 1 aromatic rings. The number of aliphatic hydroxyl groups excluding tert-OH is 1. The zero-order valence-corrected chi connectivity index (χ0v) is 11.0. The Morgan fingerprint density at radius 2 is 1.89 bits per heavy atom. The summed E-state index contributed by atoms with van der Waals surface area (Å²) in [5.41, 5.74) is 0.332. The molecule has 0 saturated heterocycles. The number of carboxylic acid groups (broad SMARTS) is 1. The second kappa shape index (κ2) is 8.50. The van der Waals surface area contributed by atoms with Crippen LogP contribution in [0.2, 0.25) is 0 Å². The predicted octanol–water partition coefficient (Wildman–Crippen LogP) is 2.00. The van der Waals surface area contributed by atoms with Crippen LogP contribution in [0.1, 0.15) is 31.4 Å². The van der Waals surface area contributed by atoms with Gasteiger partial charge in [-0.15, -0.1) is 0 Å². The standard InChI is InChI=1S/C14H20O5/c1-2-3-8-18-9-10-19-12-6-4-11(5-7-12)13(15)14(16)17/h4-7,13,15H,2-3,8-10H2,1H3,(H,16,17)/t13-/m1/s1. The van der Waals surface area contributed by atoms with E-state index in [0.717, 1.165) is 19.4 Å². The van der Waals surface area contributed by atoms with Crippen molar-refractivity contribution in [1.82, 2.24) is 0 Å². The molecule has 0 aromatic heterocycles. The van der Waals surface area contributed by atoms with Crippen LogP contribution in [0.15, 0.2) is 24.3 Å². The van der Waals surface area contributed by atoms with E-state index in [1.54, 1.807) is 12.1 Å². The second-order valence-corrected chi connectivity index (χ2v) is 4.12. The van der Waals surface area contributed by atoms with Gasteiger partial charge in [-0.25, -0.2) is 4.79 Å². The van der Waals surface area contributed by atoms with E-state index in [-0.39, 0.29) is 0 Å². The van der Waals surface area contributed by atoms with Crippen LogP contribution in [0.4, 0.5) is 0 Å². The van der Waals surface area contributed by atoms with Crippen molar-refractivity contribution in [2.24, 2.45) is 0 Å². The first kappa shape index (κ1) is 15.5. The van der Waals surface area contributed by atoms with E-state index in [1.165, 1.54) is 12.1 Å². The highest BCUT2D eigenvalue weighted by atomic mass is 16.5. The van der Waals surface area contributed by atoms with E-state index in [1.807, 2.05) is 0 Å². The predicted molar refractivity (Wildman–Crippen MR) is 70.3 cm³/mol. The minimum absolute atomic E-state index is 0.332. The first-order valence-electron chi connectivity index (χ1n) is 6.36. The Hall–Kier alpha value is -1.59. The number of rotatable bonds is 9. The molecular formula is C14H20O5. The van der Waals surface area contributed by atoms with Gasteiger partial charge in [-0.3, -0.25) is 0 Å². The molecule has 0 heterocycles. The molecule has 5 nitrogen and oxygen atoms in total. The lowest BCUT2D eigenvalue weighted by Gasteiger charge is -2.09. The van der Waals surface area contributed by atoms with Crippen molar-refractivity contribution in [1.29, 1.82) is 0 Å². The zero-order chi connectivity index (χ0) is 14.1. The molecular weight excluding hydrogens is 248 g/mol. The molecule has 0 unspecified atom stereocenters. The topological polar surface area (TPSA) is 76.0 Å². The fraction of sp³-hybridized carbons (Fsp3) is 0.500. The average Bonchev–Trinajstić information content (AvgIpc) is 2.42. The van der Waals surface area contributed by atoms with Crippen molar-refractivity contribution in [2.45, 2.75) is 25.9 Å². The minimum Gasteiger partial charge on any atom is -0.491 e. The normalized spacial score (nSPS) is 12.1. The number of ether oxygens (including phenoxy) is 2. The second-order valence-electron chi connectivity index (χ2n) is 4.12. The van der Waals surface area contributed by atoms with Gasteiger partial charge in [0.25, 0.3) is 0 Å². The van der Waals surface area contributed by atoms with E-state index in [4.69, 9.17) is 14.6 Å². The third kappa shape index (κ3) is 5.72. The van der Waals surface area contributed by atoms with Gasteiger partial charge in [-0.1, -0.05) is 25.5 Å². The van der Waals surface area contributed by atoms with Crippen LogP contribution in [-0.2, 0) is 9.53 Å². The van der Waals surface area contributed by atoms with Crippen LogP contribution in [0.3, 0.4) is 0 Å². The Morgan fingerprint density at radius 1 is 1.21 bits per heavy atom. The number of benzene rings is 1. The van der Waals surface area contributed by atoms with Crippen molar-refractivity contribution >= 4 is 5.97 Å². The Balaban J connectivity index is 2.30. The summed E-state index contributed by atoms with van der Waals surface area (Å²) >= 11 is 0. The highest BCUT2D eigenvalue weighted by molar-refractivity contribution is 5.74. The van der Waals surface area contributed by atoms with Gasteiger partial charge in [0.1, 0.15) is 12.4 Å². The number of hydrogen-bond acceptors (Lipinski definition) is 4. The Kier molecular flexibility index (Phi) is 6.92. The quantitative estimate of drug-likeness (QED) is 0.670. The van der Waals surface area contributed by atoms with Crippen molar-refractivity contribution in [2.75, 3.05) is 19.8 Å². The Bertz CT molecular complexity index is 374. The molecule has 1 aromatic carbocycles. The molecule has 0 aliphatic rings. The Labute approximate surface area is 112 Å². The van der Waals surface area contributed by atoms with Crippen molar-refractivity contribution in [3.05, 3.63) is 29.8 Å². The van der Waals surface area contributed by atoms with Crippen LogP contribution in [0, 0.1) is 0 Å².